The zero-order valence-corrected chi connectivity index (χ0v) is 17.0. The third kappa shape index (κ3) is 4.48. The molecule has 8 nitrogen and oxygen atoms in total. The Labute approximate surface area is 170 Å². The lowest BCUT2D eigenvalue weighted by Crippen LogP contribution is -2.43. The van der Waals surface area contributed by atoms with Crippen LogP contribution >= 0.6 is 0 Å². The van der Waals surface area contributed by atoms with E-state index in [1.165, 1.54) is 0 Å². The highest BCUT2D eigenvalue weighted by Gasteiger charge is 2.24. The van der Waals surface area contributed by atoms with Gasteiger partial charge in [0, 0.05) is 49.8 Å². The van der Waals surface area contributed by atoms with Crippen LogP contribution in [-0.2, 0) is 22.4 Å². The van der Waals surface area contributed by atoms with Crippen LogP contribution in [0.3, 0.4) is 0 Å². The molecule has 1 saturated heterocycles. The standard InChI is InChI=1S/C21H27N5O3/c1-26(13-19(27)23-14-7-10-29-11-8-14)21-16-4-3-5-17(16)24-20(25-21)18-12-15(28-2)6-9-22-18/h6,9,12,14H,3-5,7-8,10-11,13H2,1-2H3,(H,23,27). The first kappa shape index (κ1) is 19.6. The Morgan fingerprint density at radius 2 is 2.14 bits per heavy atom. The summed E-state index contributed by atoms with van der Waals surface area (Å²) in [7, 11) is 3.53. The third-order valence-electron chi connectivity index (χ3n) is 5.44. The Morgan fingerprint density at radius 1 is 1.31 bits per heavy atom. The van der Waals surface area contributed by atoms with E-state index in [0.717, 1.165) is 49.2 Å². The molecule has 8 heteroatoms. The normalized spacial score (nSPS) is 16.3. The smallest absolute Gasteiger partial charge is 0.239 e. The van der Waals surface area contributed by atoms with Gasteiger partial charge in [-0.2, -0.15) is 0 Å². The highest BCUT2D eigenvalue weighted by Crippen LogP contribution is 2.31. The van der Waals surface area contributed by atoms with Crippen LogP contribution in [0.1, 0.15) is 30.5 Å². The van der Waals surface area contributed by atoms with Gasteiger partial charge in [-0.25, -0.2) is 9.97 Å². The Bertz CT molecular complexity index is 883. The van der Waals surface area contributed by atoms with Crippen molar-refractivity contribution in [2.45, 2.75) is 38.1 Å². The van der Waals surface area contributed by atoms with Gasteiger partial charge in [0.2, 0.25) is 5.91 Å². The maximum Gasteiger partial charge on any atom is 0.239 e. The first-order valence-electron chi connectivity index (χ1n) is 10.1. The van der Waals surface area contributed by atoms with E-state index >= 15 is 0 Å². The second-order valence-electron chi connectivity index (χ2n) is 7.54. The van der Waals surface area contributed by atoms with Gasteiger partial charge in [0.1, 0.15) is 17.3 Å². The maximum atomic E-state index is 12.6. The zero-order chi connectivity index (χ0) is 20.2. The van der Waals surface area contributed by atoms with E-state index in [1.807, 2.05) is 18.0 Å². The molecule has 2 aromatic heterocycles. The molecule has 1 N–H and O–H groups in total. The average molecular weight is 397 g/mol. The zero-order valence-electron chi connectivity index (χ0n) is 17.0. The van der Waals surface area contributed by atoms with Crippen molar-refractivity contribution in [3.05, 3.63) is 29.6 Å². The van der Waals surface area contributed by atoms with Crippen LogP contribution in [-0.4, -0.2) is 60.8 Å². The highest BCUT2D eigenvalue weighted by molar-refractivity contribution is 5.81. The minimum atomic E-state index is 0.00538. The van der Waals surface area contributed by atoms with E-state index in [9.17, 15) is 4.79 Å². The van der Waals surface area contributed by atoms with Gasteiger partial charge >= 0.3 is 0 Å². The number of nitrogens with zero attached hydrogens (tertiary/aromatic N) is 4. The highest BCUT2D eigenvalue weighted by atomic mass is 16.5. The number of aryl methyl sites for hydroxylation is 1. The van der Waals surface area contributed by atoms with Gasteiger partial charge in [-0.3, -0.25) is 9.78 Å². The van der Waals surface area contributed by atoms with E-state index in [1.54, 1.807) is 19.4 Å². The number of rotatable bonds is 6. The molecule has 2 aromatic rings. The molecule has 4 rings (SSSR count). The fourth-order valence-corrected chi connectivity index (χ4v) is 3.91. The molecule has 1 amide bonds. The number of methoxy groups -OCH3 is 1. The van der Waals surface area contributed by atoms with Crippen LogP contribution in [0.4, 0.5) is 5.82 Å². The summed E-state index contributed by atoms with van der Waals surface area (Å²) in [4.78, 5) is 28.4. The maximum absolute atomic E-state index is 12.6. The number of fused-ring (bicyclic) bond motifs is 1. The van der Waals surface area contributed by atoms with Crippen LogP contribution in [0.25, 0.3) is 11.5 Å². The Balaban J connectivity index is 1.55. The van der Waals surface area contributed by atoms with E-state index in [0.29, 0.717) is 30.5 Å². The molecular formula is C21H27N5O3. The lowest BCUT2D eigenvalue weighted by atomic mass is 10.1. The van der Waals surface area contributed by atoms with E-state index in [4.69, 9.17) is 19.4 Å². The molecule has 154 valence electrons. The molecule has 29 heavy (non-hydrogen) atoms. The first-order valence-corrected chi connectivity index (χ1v) is 10.1. The number of carbonyl (C=O) groups is 1. The number of aromatic nitrogens is 3. The number of pyridine rings is 1. The molecule has 2 aliphatic rings. The number of carbonyl (C=O) groups excluding carboxylic acids is 1. The van der Waals surface area contributed by atoms with Gasteiger partial charge in [-0.1, -0.05) is 0 Å². The average Bonchev–Trinajstić information content (AvgIpc) is 3.22. The lowest BCUT2D eigenvalue weighted by Gasteiger charge is -2.25. The van der Waals surface area contributed by atoms with E-state index in [2.05, 4.69) is 10.3 Å². The van der Waals surface area contributed by atoms with Gasteiger partial charge in [0.15, 0.2) is 5.82 Å². The summed E-state index contributed by atoms with van der Waals surface area (Å²) in [5, 5.41) is 3.12. The molecule has 0 aromatic carbocycles. The SMILES string of the molecule is COc1ccnc(-c2nc3c(c(N(C)CC(=O)NC4CCOCC4)n2)CCC3)c1. The number of hydrogen-bond acceptors (Lipinski definition) is 7. The Morgan fingerprint density at radius 3 is 2.93 bits per heavy atom. The van der Waals surface area contributed by atoms with Crippen molar-refractivity contribution >= 4 is 11.7 Å². The second kappa shape index (κ2) is 8.73. The minimum absolute atomic E-state index is 0.00538. The fraction of sp³-hybridized carbons (Fsp3) is 0.524. The van der Waals surface area contributed by atoms with E-state index < -0.39 is 0 Å². The lowest BCUT2D eigenvalue weighted by molar-refractivity contribution is -0.121. The Hall–Kier alpha value is -2.74. The van der Waals surface area contributed by atoms with Crippen molar-refractivity contribution in [3.63, 3.8) is 0 Å². The predicted molar refractivity (Wildman–Crippen MR) is 109 cm³/mol. The molecule has 0 spiro atoms. The fourth-order valence-electron chi connectivity index (χ4n) is 3.91. The number of anilines is 1. The second-order valence-corrected chi connectivity index (χ2v) is 7.54. The van der Waals surface area contributed by atoms with Crippen molar-refractivity contribution in [1.29, 1.82) is 0 Å². The van der Waals surface area contributed by atoms with Gasteiger partial charge in [0.05, 0.1) is 13.7 Å². The molecule has 0 saturated carbocycles. The van der Waals surface area contributed by atoms with Gasteiger partial charge < -0.3 is 19.7 Å². The summed E-state index contributed by atoms with van der Waals surface area (Å²) in [6, 6.07) is 3.82. The van der Waals surface area contributed by atoms with E-state index in [-0.39, 0.29) is 18.5 Å². The van der Waals surface area contributed by atoms with Crippen LogP contribution in [0.15, 0.2) is 18.3 Å². The molecule has 3 heterocycles. The molecule has 0 atom stereocenters. The van der Waals surface area contributed by atoms with Crippen molar-refractivity contribution in [2.75, 3.05) is 38.8 Å². The first-order chi connectivity index (χ1) is 14.1. The summed E-state index contributed by atoms with van der Waals surface area (Å²) < 4.78 is 10.7. The molecule has 0 bridgehead atoms. The van der Waals surface area contributed by atoms with Crippen LogP contribution in [0.2, 0.25) is 0 Å². The number of ether oxygens (including phenoxy) is 2. The predicted octanol–water partition coefficient (Wildman–Crippen LogP) is 1.77. The summed E-state index contributed by atoms with van der Waals surface area (Å²) >= 11 is 0. The van der Waals surface area contributed by atoms with Crippen molar-refractivity contribution in [3.8, 4) is 17.3 Å². The number of hydrogen-bond donors (Lipinski definition) is 1. The molecule has 1 aliphatic heterocycles. The molecule has 0 unspecified atom stereocenters. The third-order valence-corrected chi connectivity index (χ3v) is 5.44. The molecular weight excluding hydrogens is 370 g/mol. The number of nitrogens with one attached hydrogen (secondary N) is 1. The van der Waals surface area contributed by atoms with Crippen LogP contribution < -0.4 is 15.0 Å². The summed E-state index contributed by atoms with van der Waals surface area (Å²) in [5.74, 6) is 2.10. The van der Waals surface area contributed by atoms with Gasteiger partial charge in [-0.15, -0.1) is 0 Å². The molecule has 0 radical (unpaired) electrons. The topological polar surface area (TPSA) is 89.5 Å². The molecule has 1 aliphatic carbocycles. The number of amides is 1. The minimum Gasteiger partial charge on any atom is -0.497 e. The van der Waals surface area contributed by atoms with Crippen LogP contribution in [0.5, 0.6) is 5.75 Å². The largest absolute Gasteiger partial charge is 0.497 e. The van der Waals surface area contributed by atoms with Crippen molar-refractivity contribution in [1.82, 2.24) is 20.3 Å². The Kier molecular flexibility index (Phi) is 5.89. The molecule has 1 fully saturated rings. The monoisotopic (exact) mass is 397 g/mol. The quantitative estimate of drug-likeness (QED) is 0.794. The van der Waals surface area contributed by atoms with Crippen LogP contribution in [0, 0.1) is 0 Å². The summed E-state index contributed by atoms with van der Waals surface area (Å²) in [6.07, 6.45) is 6.32. The summed E-state index contributed by atoms with van der Waals surface area (Å²) in [5.41, 5.74) is 2.85. The van der Waals surface area contributed by atoms with Gasteiger partial charge in [0.25, 0.3) is 0 Å². The van der Waals surface area contributed by atoms with Gasteiger partial charge in [-0.05, 0) is 38.2 Å². The van der Waals surface area contributed by atoms with Crippen molar-refractivity contribution < 1.29 is 14.3 Å². The van der Waals surface area contributed by atoms with Crippen molar-refractivity contribution in [2.24, 2.45) is 0 Å². The summed E-state index contributed by atoms with van der Waals surface area (Å²) in [6.45, 7) is 1.67. The number of likely N-dealkylation sites (N-methyl/N-ethyl adjacent to an activating group) is 1.